The predicted octanol–water partition coefficient (Wildman–Crippen LogP) is 2.58. The number of amides is 1. The van der Waals surface area contributed by atoms with Crippen LogP contribution in [-0.2, 0) is 11.3 Å². The van der Waals surface area contributed by atoms with Crippen LogP contribution >= 0.6 is 11.3 Å². The predicted molar refractivity (Wildman–Crippen MR) is 97.4 cm³/mol. The van der Waals surface area contributed by atoms with Gasteiger partial charge in [0.15, 0.2) is 5.13 Å². The van der Waals surface area contributed by atoms with Crippen molar-refractivity contribution in [2.75, 3.05) is 44.2 Å². The van der Waals surface area contributed by atoms with Crippen LogP contribution in [0.4, 0.5) is 5.13 Å². The lowest BCUT2D eigenvalue weighted by atomic mass is 10.1. The molecule has 0 unspecified atom stereocenters. The van der Waals surface area contributed by atoms with Crippen molar-refractivity contribution < 1.29 is 4.79 Å². The molecule has 0 radical (unpaired) electrons. The van der Waals surface area contributed by atoms with Crippen molar-refractivity contribution in [3.05, 3.63) is 11.1 Å². The molecule has 0 atom stereocenters. The lowest BCUT2D eigenvalue weighted by Crippen LogP contribution is -2.50. The maximum Gasteiger partial charge on any atom is 0.225 e. The Morgan fingerprint density at radius 3 is 2.46 bits per heavy atom. The summed E-state index contributed by atoms with van der Waals surface area (Å²) >= 11 is 1.76. The fourth-order valence-electron chi connectivity index (χ4n) is 4.23. The molecule has 132 valence electrons. The van der Waals surface area contributed by atoms with Gasteiger partial charge >= 0.3 is 0 Å². The second-order valence-electron chi connectivity index (χ2n) is 7.40. The van der Waals surface area contributed by atoms with Crippen LogP contribution in [0.3, 0.4) is 0 Å². The number of thiazole rings is 1. The second kappa shape index (κ2) is 7.40. The highest BCUT2D eigenvalue weighted by Gasteiger charge is 2.30. The van der Waals surface area contributed by atoms with Gasteiger partial charge in [-0.3, -0.25) is 9.69 Å². The van der Waals surface area contributed by atoms with Gasteiger partial charge in [-0.1, -0.05) is 12.8 Å². The van der Waals surface area contributed by atoms with Gasteiger partial charge in [0.1, 0.15) is 0 Å². The van der Waals surface area contributed by atoms with Crippen LogP contribution in [0.15, 0.2) is 5.38 Å². The number of anilines is 1. The van der Waals surface area contributed by atoms with Crippen molar-refractivity contribution in [3.63, 3.8) is 0 Å². The van der Waals surface area contributed by atoms with Crippen LogP contribution in [0.5, 0.6) is 0 Å². The Labute approximate surface area is 148 Å². The molecule has 1 aromatic heterocycles. The number of carbonyl (C=O) groups is 1. The number of piperazine rings is 1. The Bertz CT molecular complexity index is 555. The van der Waals surface area contributed by atoms with Crippen molar-refractivity contribution in [3.8, 4) is 0 Å². The fourth-order valence-corrected chi connectivity index (χ4v) is 5.10. The van der Waals surface area contributed by atoms with Crippen LogP contribution in [0.1, 0.15) is 44.2 Å². The molecular formula is C18H28N4OS. The zero-order valence-corrected chi connectivity index (χ0v) is 15.3. The number of hydrogen-bond donors (Lipinski definition) is 0. The second-order valence-corrected chi connectivity index (χ2v) is 8.23. The summed E-state index contributed by atoms with van der Waals surface area (Å²) in [5.41, 5.74) is 1.21. The van der Waals surface area contributed by atoms with Crippen LogP contribution < -0.4 is 4.90 Å². The van der Waals surface area contributed by atoms with E-state index in [1.54, 1.807) is 11.3 Å². The van der Waals surface area contributed by atoms with Crippen LogP contribution in [0, 0.1) is 5.92 Å². The largest absolute Gasteiger partial charge is 0.345 e. The number of rotatable bonds is 4. The number of hydrogen-bond acceptors (Lipinski definition) is 5. The summed E-state index contributed by atoms with van der Waals surface area (Å²) in [6, 6.07) is 0. The minimum absolute atomic E-state index is 0.309. The van der Waals surface area contributed by atoms with E-state index in [1.165, 1.54) is 44.5 Å². The minimum atomic E-state index is 0.309. The molecule has 1 amide bonds. The first-order valence-electron chi connectivity index (χ1n) is 9.50. The Balaban J connectivity index is 1.29. The van der Waals surface area contributed by atoms with Crippen LogP contribution in [-0.4, -0.2) is 60.0 Å². The van der Waals surface area contributed by atoms with Crippen molar-refractivity contribution in [2.24, 2.45) is 5.92 Å². The molecule has 4 rings (SSSR count). The van der Waals surface area contributed by atoms with Gasteiger partial charge in [-0.25, -0.2) is 4.98 Å². The normalized spacial score (nSPS) is 23.3. The highest BCUT2D eigenvalue weighted by molar-refractivity contribution is 7.13. The smallest absolute Gasteiger partial charge is 0.225 e. The average molecular weight is 349 g/mol. The number of aromatic nitrogens is 1. The number of nitrogens with zero attached hydrogens (tertiary/aromatic N) is 4. The molecule has 6 heteroatoms. The lowest BCUT2D eigenvalue weighted by molar-refractivity contribution is -0.135. The maximum atomic E-state index is 12.5. The molecule has 0 spiro atoms. The third-order valence-corrected chi connectivity index (χ3v) is 6.64. The highest BCUT2D eigenvalue weighted by atomic mass is 32.1. The molecule has 3 aliphatic rings. The molecule has 0 aromatic carbocycles. The summed E-state index contributed by atoms with van der Waals surface area (Å²) in [4.78, 5) is 24.3. The Morgan fingerprint density at radius 1 is 1.04 bits per heavy atom. The van der Waals surface area contributed by atoms with Crippen molar-refractivity contribution in [1.82, 2.24) is 14.8 Å². The fraction of sp³-hybridized carbons (Fsp3) is 0.778. The van der Waals surface area contributed by atoms with E-state index in [0.29, 0.717) is 11.8 Å². The van der Waals surface area contributed by atoms with Crippen LogP contribution in [0.2, 0.25) is 0 Å². The van der Waals surface area contributed by atoms with Gasteiger partial charge in [0.25, 0.3) is 0 Å². The molecule has 0 N–H and O–H groups in total. The SMILES string of the molecule is O=C(C1CCCC1)N1CCN(c2nc(CN3CCCC3)cs2)CC1. The van der Waals surface area contributed by atoms with Gasteiger partial charge in [-0.2, -0.15) is 0 Å². The summed E-state index contributed by atoms with van der Waals surface area (Å²) in [7, 11) is 0. The van der Waals surface area contributed by atoms with E-state index in [0.717, 1.165) is 50.7 Å². The minimum Gasteiger partial charge on any atom is -0.345 e. The molecule has 24 heavy (non-hydrogen) atoms. The molecule has 3 fully saturated rings. The standard InChI is InChI=1S/C18H28N4OS/c23-17(15-5-1-2-6-15)21-9-11-22(12-10-21)18-19-16(14-24-18)13-20-7-3-4-8-20/h14-15H,1-13H2. The van der Waals surface area contributed by atoms with Crippen molar-refractivity contribution in [2.45, 2.75) is 45.1 Å². The monoisotopic (exact) mass is 348 g/mol. The topological polar surface area (TPSA) is 39.7 Å². The zero-order valence-electron chi connectivity index (χ0n) is 14.5. The van der Waals surface area contributed by atoms with E-state index in [1.807, 2.05) is 0 Å². The zero-order chi connectivity index (χ0) is 16.4. The number of likely N-dealkylation sites (tertiary alicyclic amines) is 1. The van der Waals surface area contributed by atoms with E-state index in [2.05, 4.69) is 20.1 Å². The van der Waals surface area contributed by atoms with Crippen molar-refractivity contribution >= 4 is 22.4 Å². The summed E-state index contributed by atoms with van der Waals surface area (Å²) in [5, 5.41) is 3.35. The molecule has 1 aliphatic carbocycles. The van der Waals surface area contributed by atoms with Gasteiger partial charge < -0.3 is 9.80 Å². The first-order valence-corrected chi connectivity index (χ1v) is 10.4. The summed E-state index contributed by atoms with van der Waals surface area (Å²) in [6.07, 6.45) is 7.32. The van der Waals surface area contributed by atoms with E-state index in [9.17, 15) is 4.79 Å². The van der Waals surface area contributed by atoms with Crippen molar-refractivity contribution in [1.29, 1.82) is 0 Å². The average Bonchev–Trinajstić information content (AvgIpc) is 3.37. The van der Waals surface area contributed by atoms with Gasteiger partial charge in [0.2, 0.25) is 5.91 Å². The molecule has 1 saturated carbocycles. The molecule has 2 saturated heterocycles. The first kappa shape index (κ1) is 16.3. The molecule has 3 heterocycles. The first-order chi connectivity index (χ1) is 11.8. The van der Waals surface area contributed by atoms with Gasteiger partial charge in [-0.05, 0) is 38.8 Å². The molecule has 0 bridgehead atoms. The lowest BCUT2D eigenvalue weighted by Gasteiger charge is -2.35. The third-order valence-electron chi connectivity index (χ3n) is 5.69. The van der Waals surface area contributed by atoms with Gasteiger partial charge in [0, 0.05) is 44.0 Å². The maximum absolute atomic E-state index is 12.5. The van der Waals surface area contributed by atoms with E-state index >= 15 is 0 Å². The van der Waals surface area contributed by atoms with E-state index in [-0.39, 0.29) is 0 Å². The molecular weight excluding hydrogens is 320 g/mol. The quantitative estimate of drug-likeness (QED) is 0.838. The molecule has 2 aliphatic heterocycles. The third kappa shape index (κ3) is 3.59. The number of carbonyl (C=O) groups excluding carboxylic acids is 1. The molecule has 5 nitrogen and oxygen atoms in total. The van der Waals surface area contributed by atoms with Crippen LogP contribution in [0.25, 0.3) is 0 Å². The Hall–Kier alpha value is -1.14. The van der Waals surface area contributed by atoms with E-state index in [4.69, 9.17) is 4.98 Å². The summed E-state index contributed by atoms with van der Waals surface area (Å²) in [5.74, 6) is 0.712. The van der Waals surface area contributed by atoms with Gasteiger partial charge in [-0.15, -0.1) is 11.3 Å². The molecule has 1 aromatic rings. The summed E-state index contributed by atoms with van der Waals surface area (Å²) < 4.78 is 0. The Kier molecular flexibility index (Phi) is 5.03. The van der Waals surface area contributed by atoms with E-state index < -0.39 is 0 Å². The Morgan fingerprint density at radius 2 is 1.75 bits per heavy atom. The van der Waals surface area contributed by atoms with Gasteiger partial charge in [0.05, 0.1) is 5.69 Å². The highest BCUT2D eigenvalue weighted by Crippen LogP contribution is 2.28. The summed E-state index contributed by atoms with van der Waals surface area (Å²) in [6.45, 7) is 7.00.